The van der Waals surface area contributed by atoms with Crippen molar-refractivity contribution in [3.05, 3.63) is 95.2 Å². The van der Waals surface area contributed by atoms with Gasteiger partial charge >= 0.3 is 6.18 Å². The number of para-hydroxylation sites is 1. The van der Waals surface area contributed by atoms with Gasteiger partial charge in [0.2, 0.25) is 11.8 Å². The number of aryl methyl sites for hydroxylation is 2. The van der Waals surface area contributed by atoms with Gasteiger partial charge in [-0.2, -0.15) is 13.2 Å². The van der Waals surface area contributed by atoms with E-state index in [9.17, 15) is 22.8 Å². The molecule has 5 rings (SSSR count). The molecule has 0 unspecified atom stereocenters. The lowest BCUT2D eigenvalue weighted by atomic mass is 10.1. The molecule has 0 spiro atoms. The van der Waals surface area contributed by atoms with Crippen LogP contribution in [-0.2, 0) is 29.4 Å². The molecular weight excluding hydrogens is 499 g/mol. The first-order chi connectivity index (χ1) is 17.6. The number of thioether (sulfide) groups is 1. The largest absolute Gasteiger partial charge is 0.416 e. The lowest BCUT2D eigenvalue weighted by Gasteiger charge is -2.30. The Morgan fingerprint density at radius 1 is 1.05 bits per heavy atom. The Kier molecular flexibility index (Phi) is 6.49. The van der Waals surface area contributed by atoms with E-state index in [2.05, 4.69) is 5.32 Å². The molecule has 1 N–H and O–H groups in total. The molecule has 9 heteroatoms. The predicted molar refractivity (Wildman–Crippen MR) is 138 cm³/mol. The maximum atomic E-state index is 13.8. The van der Waals surface area contributed by atoms with Gasteiger partial charge in [0.25, 0.3) is 0 Å². The van der Waals surface area contributed by atoms with E-state index in [-0.39, 0.29) is 18.0 Å². The number of alkyl halides is 3. The highest BCUT2D eigenvalue weighted by atomic mass is 32.2. The van der Waals surface area contributed by atoms with Crippen molar-refractivity contribution < 1.29 is 22.8 Å². The van der Waals surface area contributed by atoms with Gasteiger partial charge in [0.05, 0.1) is 17.0 Å². The standard InChI is InChI=1S/C28H24F3N3O2S/c1-17-10-12-18(13-11-17)15-32-27(36)25-24-26(21-8-3-4-9-22(21)33(24)2)37-16-23(35)34(25)20-7-5-6-19(14-20)28(29,30)31/h3-14,25H,15-16H2,1-2H3,(H,32,36)/t25-/m0/s1. The Labute approximate surface area is 216 Å². The number of nitrogens with one attached hydrogen (secondary N) is 1. The maximum absolute atomic E-state index is 13.8. The molecule has 1 aliphatic rings. The van der Waals surface area contributed by atoms with Gasteiger partial charge in [0.15, 0.2) is 6.04 Å². The van der Waals surface area contributed by atoms with Gasteiger partial charge in [-0.1, -0.05) is 54.1 Å². The molecule has 1 atom stereocenters. The lowest BCUT2D eigenvalue weighted by molar-refractivity contribution is -0.137. The minimum absolute atomic E-state index is 0.0149. The van der Waals surface area contributed by atoms with Gasteiger partial charge in [0.1, 0.15) is 0 Å². The average Bonchev–Trinajstić information content (AvgIpc) is 3.05. The number of carbonyl (C=O) groups is 2. The van der Waals surface area contributed by atoms with Gasteiger partial charge in [0, 0.05) is 35.1 Å². The SMILES string of the molecule is Cc1ccc(CNC(=O)[C@@H]2c3c(c4ccccc4n3C)SCC(=O)N2c2cccc(C(F)(F)F)c2)cc1. The normalized spacial score (nSPS) is 16.0. The fraction of sp³-hybridized carbons (Fsp3) is 0.214. The van der Waals surface area contributed by atoms with E-state index < -0.39 is 29.6 Å². The summed E-state index contributed by atoms with van der Waals surface area (Å²) in [6.45, 7) is 2.18. The molecule has 37 heavy (non-hydrogen) atoms. The fourth-order valence-electron chi connectivity index (χ4n) is 4.67. The van der Waals surface area contributed by atoms with E-state index in [1.807, 2.05) is 67.1 Å². The van der Waals surface area contributed by atoms with E-state index in [1.165, 1.54) is 28.8 Å². The zero-order valence-corrected chi connectivity index (χ0v) is 21.0. The summed E-state index contributed by atoms with van der Waals surface area (Å²) in [6.07, 6.45) is -4.59. The average molecular weight is 524 g/mol. The van der Waals surface area contributed by atoms with Crippen LogP contribution in [-0.4, -0.2) is 22.1 Å². The first-order valence-electron chi connectivity index (χ1n) is 11.7. The van der Waals surface area contributed by atoms with Crippen molar-refractivity contribution in [2.75, 3.05) is 10.7 Å². The summed E-state index contributed by atoms with van der Waals surface area (Å²) >= 11 is 1.30. The molecule has 0 radical (unpaired) electrons. The molecule has 5 nitrogen and oxygen atoms in total. The molecule has 4 aromatic rings. The lowest BCUT2D eigenvalue weighted by Crippen LogP contribution is -2.44. The third-order valence-electron chi connectivity index (χ3n) is 6.52. The number of hydrogen-bond donors (Lipinski definition) is 1. The fourth-order valence-corrected chi connectivity index (χ4v) is 5.80. The van der Waals surface area contributed by atoms with Gasteiger partial charge in [-0.15, -0.1) is 11.8 Å². The number of halogens is 3. The summed E-state index contributed by atoms with van der Waals surface area (Å²) in [7, 11) is 1.81. The van der Waals surface area contributed by atoms with Crippen LogP contribution in [0.15, 0.2) is 77.7 Å². The van der Waals surface area contributed by atoms with Crippen LogP contribution >= 0.6 is 11.8 Å². The first-order valence-corrected chi connectivity index (χ1v) is 12.7. The Hall–Kier alpha value is -3.72. The highest BCUT2D eigenvalue weighted by Gasteiger charge is 2.41. The molecule has 190 valence electrons. The second-order valence-electron chi connectivity index (χ2n) is 9.00. The Bertz CT molecular complexity index is 1500. The molecule has 1 aliphatic heterocycles. The third-order valence-corrected chi connectivity index (χ3v) is 7.63. The van der Waals surface area contributed by atoms with Gasteiger partial charge in [-0.3, -0.25) is 14.5 Å². The van der Waals surface area contributed by atoms with Crippen molar-refractivity contribution in [3.63, 3.8) is 0 Å². The predicted octanol–water partition coefficient (Wildman–Crippen LogP) is 6.00. The number of carbonyl (C=O) groups excluding carboxylic acids is 2. The molecule has 1 aromatic heterocycles. The molecule has 0 fully saturated rings. The zero-order chi connectivity index (χ0) is 26.3. The number of anilines is 1. The summed E-state index contributed by atoms with van der Waals surface area (Å²) in [4.78, 5) is 29.3. The van der Waals surface area contributed by atoms with Crippen LogP contribution in [0.25, 0.3) is 10.9 Å². The van der Waals surface area contributed by atoms with Crippen LogP contribution in [0.4, 0.5) is 18.9 Å². The summed E-state index contributed by atoms with van der Waals surface area (Å²) in [6, 6.07) is 18.7. The molecule has 3 aromatic carbocycles. The highest BCUT2D eigenvalue weighted by Crippen LogP contribution is 2.44. The van der Waals surface area contributed by atoms with Crippen LogP contribution in [0.3, 0.4) is 0 Å². The molecule has 2 heterocycles. The first kappa shape index (κ1) is 25.0. The summed E-state index contributed by atoms with van der Waals surface area (Å²) < 4.78 is 42.5. The van der Waals surface area contributed by atoms with Crippen molar-refractivity contribution in [2.24, 2.45) is 7.05 Å². The van der Waals surface area contributed by atoms with Crippen molar-refractivity contribution >= 4 is 40.2 Å². The van der Waals surface area contributed by atoms with Crippen molar-refractivity contribution in [1.82, 2.24) is 9.88 Å². The van der Waals surface area contributed by atoms with E-state index in [0.29, 0.717) is 5.69 Å². The number of aromatic nitrogens is 1. The topological polar surface area (TPSA) is 54.3 Å². The van der Waals surface area contributed by atoms with Crippen LogP contribution in [0.5, 0.6) is 0 Å². The monoisotopic (exact) mass is 523 g/mol. The number of benzene rings is 3. The number of nitrogens with zero attached hydrogens (tertiary/aromatic N) is 2. The van der Waals surface area contributed by atoms with E-state index in [4.69, 9.17) is 0 Å². The number of hydrogen-bond acceptors (Lipinski definition) is 3. The van der Waals surface area contributed by atoms with E-state index >= 15 is 0 Å². The second-order valence-corrected chi connectivity index (χ2v) is 9.98. The molecule has 0 saturated carbocycles. The van der Waals surface area contributed by atoms with Crippen LogP contribution in [0.2, 0.25) is 0 Å². The van der Waals surface area contributed by atoms with Gasteiger partial charge in [-0.05, 0) is 36.8 Å². The maximum Gasteiger partial charge on any atom is 0.416 e. The van der Waals surface area contributed by atoms with Crippen molar-refractivity contribution in [1.29, 1.82) is 0 Å². The van der Waals surface area contributed by atoms with E-state index in [0.717, 1.165) is 39.1 Å². The molecule has 2 amide bonds. The van der Waals surface area contributed by atoms with Crippen LogP contribution in [0, 0.1) is 6.92 Å². The summed E-state index contributed by atoms with van der Waals surface area (Å²) in [5.74, 6) is -0.931. The van der Waals surface area contributed by atoms with Crippen molar-refractivity contribution in [2.45, 2.75) is 30.6 Å². The minimum atomic E-state index is -4.59. The Morgan fingerprint density at radius 2 is 1.78 bits per heavy atom. The molecule has 0 aliphatic carbocycles. The molecular formula is C28H24F3N3O2S. The molecule has 0 bridgehead atoms. The Balaban J connectivity index is 1.64. The highest BCUT2D eigenvalue weighted by molar-refractivity contribution is 8.00. The minimum Gasteiger partial charge on any atom is -0.350 e. The van der Waals surface area contributed by atoms with Crippen LogP contribution < -0.4 is 10.2 Å². The Morgan fingerprint density at radius 3 is 2.51 bits per heavy atom. The van der Waals surface area contributed by atoms with Crippen LogP contribution in [0.1, 0.15) is 28.4 Å². The van der Waals surface area contributed by atoms with Gasteiger partial charge in [-0.25, -0.2) is 0 Å². The number of rotatable bonds is 4. The van der Waals surface area contributed by atoms with Crippen molar-refractivity contribution in [3.8, 4) is 0 Å². The summed E-state index contributed by atoms with van der Waals surface area (Å²) in [5, 5.41) is 3.80. The van der Waals surface area contributed by atoms with Gasteiger partial charge < -0.3 is 9.88 Å². The second kappa shape index (κ2) is 9.63. The zero-order valence-electron chi connectivity index (χ0n) is 20.2. The molecule has 0 saturated heterocycles. The quantitative estimate of drug-likeness (QED) is 0.357. The van der Waals surface area contributed by atoms with E-state index in [1.54, 1.807) is 0 Å². The summed E-state index contributed by atoms with van der Waals surface area (Å²) in [5.41, 5.74) is 2.53. The third kappa shape index (κ3) is 4.71. The smallest absolute Gasteiger partial charge is 0.350 e. The number of amides is 2. The number of fused-ring (bicyclic) bond motifs is 3.